The topological polar surface area (TPSA) is 109 Å². The molecule has 0 saturated heterocycles. The molecule has 2 aromatic carbocycles. The Labute approximate surface area is 163 Å². The molecule has 0 atom stereocenters. The molecule has 148 valence electrons. The molecule has 28 heavy (non-hydrogen) atoms. The minimum Gasteiger partial charge on any atom is -0.383 e. The van der Waals surface area contributed by atoms with E-state index in [1.807, 2.05) is 0 Å². The predicted octanol–water partition coefficient (Wildman–Crippen LogP) is 2.07. The van der Waals surface area contributed by atoms with Crippen LogP contribution in [0.2, 0.25) is 0 Å². The third-order valence-electron chi connectivity index (χ3n) is 3.68. The van der Waals surface area contributed by atoms with Gasteiger partial charge in [0.1, 0.15) is 0 Å². The third kappa shape index (κ3) is 7.08. The largest absolute Gasteiger partial charge is 0.383 e. The van der Waals surface area contributed by atoms with Crippen molar-refractivity contribution in [3.05, 3.63) is 54.1 Å². The van der Waals surface area contributed by atoms with Crippen LogP contribution in [0.5, 0.6) is 0 Å². The fourth-order valence-corrected chi connectivity index (χ4v) is 2.34. The summed E-state index contributed by atoms with van der Waals surface area (Å²) >= 11 is 0. The second kappa shape index (κ2) is 10.7. The maximum atomic E-state index is 12.1. The number of carbonyl (C=O) groups excluding carboxylic acids is 3. The minimum atomic E-state index is -0.219. The zero-order valence-electron chi connectivity index (χ0n) is 15.9. The Balaban J connectivity index is 1.79. The smallest absolute Gasteiger partial charge is 0.251 e. The average Bonchev–Trinajstić information content (AvgIpc) is 2.68. The first-order valence-corrected chi connectivity index (χ1v) is 8.76. The van der Waals surface area contributed by atoms with E-state index >= 15 is 0 Å². The molecule has 0 fully saturated rings. The first kappa shape index (κ1) is 20.9. The number of ether oxygens (including phenoxy) is 1. The molecule has 2 aromatic rings. The van der Waals surface area contributed by atoms with Crippen LogP contribution in [0, 0.1) is 0 Å². The van der Waals surface area contributed by atoms with Crippen molar-refractivity contribution >= 4 is 34.8 Å². The van der Waals surface area contributed by atoms with Gasteiger partial charge in [-0.3, -0.25) is 14.4 Å². The van der Waals surface area contributed by atoms with Gasteiger partial charge in [-0.05, 0) is 48.5 Å². The van der Waals surface area contributed by atoms with E-state index in [0.29, 0.717) is 30.1 Å². The van der Waals surface area contributed by atoms with E-state index in [1.54, 1.807) is 55.6 Å². The number of benzene rings is 2. The van der Waals surface area contributed by atoms with Gasteiger partial charge >= 0.3 is 0 Å². The van der Waals surface area contributed by atoms with E-state index in [9.17, 15) is 14.4 Å². The van der Waals surface area contributed by atoms with Gasteiger partial charge in [-0.15, -0.1) is 0 Å². The molecule has 0 bridgehead atoms. The van der Waals surface area contributed by atoms with Gasteiger partial charge in [-0.2, -0.15) is 0 Å². The summed E-state index contributed by atoms with van der Waals surface area (Å²) in [5.74, 6) is -0.555. The van der Waals surface area contributed by atoms with Crippen LogP contribution in [-0.4, -0.2) is 44.5 Å². The fourth-order valence-electron chi connectivity index (χ4n) is 2.34. The number of methoxy groups -OCH3 is 1. The van der Waals surface area contributed by atoms with Crippen LogP contribution >= 0.6 is 0 Å². The zero-order valence-corrected chi connectivity index (χ0v) is 15.9. The van der Waals surface area contributed by atoms with Crippen LogP contribution < -0.4 is 21.3 Å². The molecule has 0 spiro atoms. The highest BCUT2D eigenvalue weighted by atomic mass is 16.5. The van der Waals surface area contributed by atoms with Gasteiger partial charge in [-0.1, -0.05) is 0 Å². The molecule has 0 unspecified atom stereocenters. The highest BCUT2D eigenvalue weighted by molar-refractivity contribution is 5.96. The lowest BCUT2D eigenvalue weighted by atomic mass is 10.2. The summed E-state index contributed by atoms with van der Waals surface area (Å²) < 4.78 is 4.88. The molecule has 3 amide bonds. The molecule has 0 saturated carbocycles. The third-order valence-corrected chi connectivity index (χ3v) is 3.68. The lowest BCUT2D eigenvalue weighted by Crippen LogP contribution is -2.27. The Morgan fingerprint density at radius 3 is 2.04 bits per heavy atom. The number of rotatable bonds is 9. The maximum Gasteiger partial charge on any atom is 0.251 e. The first-order chi connectivity index (χ1) is 13.5. The summed E-state index contributed by atoms with van der Waals surface area (Å²) in [6, 6.07) is 13.7. The number of anilines is 3. The quantitative estimate of drug-likeness (QED) is 0.495. The second-order valence-electron chi connectivity index (χ2n) is 5.99. The molecule has 0 aliphatic heterocycles. The second-order valence-corrected chi connectivity index (χ2v) is 5.99. The monoisotopic (exact) mass is 384 g/mol. The zero-order chi connectivity index (χ0) is 20.4. The Hall–Kier alpha value is -3.39. The highest BCUT2D eigenvalue weighted by Crippen LogP contribution is 2.14. The van der Waals surface area contributed by atoms with Gasteiger partial charge < -0.3 is 26.0 Å². The summed E-state index contributed by atoms with van der Waals surface area (Å²) in [6.45, 7) is 2.41. The molecular formula is C20H24N4O4. The van der Waals surface area contributed by atoms with E-state index < -0.39 is 0 Å². The molecule has 4 N–H and O–H groups in total. The molecule has 0 heterocycles. The summed E-state index contributed by atoms with van der Waals surface area (Å²) in [5.41, 5.74) is 2.55. The Morgan fingerprint density at radius 2 is 1.43 bits per heavy atom. The molecule has 0 aromatic heterocycles. The SMILES string of the molecule is COCCNC(=O)c1ccc(NC(=O)CNc2ccc(NC(C)=O)cc2)cc1. The minimum absolute atomic E-state index is 0.0821. The van der Waals surface area contributed by atoms with E-state index in [4.69, 9.17) is 4.74 Å². The van der Waals surface area contributed by atoms with E-state index in [1.165, 1.54) is 6.92 Å². The molecule has 8 heteroatoms. The van der Waals surface area contributed by atoms with Crippen LogP contribution in [0.1, 0.15) is 17.3 Å². The van der Waals surface area contributed by atoms with Gasteiger partial charge in [0.25, 0.3) is 5.91 Å². The summed E-state index contributed by atoms with van der Waals surface area (Å²) in [7, 11) is 1.57. The van der Waals surface area contributed by atoms with Crippen molar-refractivity contribution in [2.75, 3.05) is 42.8 Å². The highest BCUT2D eigenvalue weighted by Gasteiger charge is 2.06. The molecule has 0 aliphatic rings. The van der Waals surface area contributed by atoms with E-state index in [0.717, 1.165) is 5.69 Å². The van der Waals surface area contributed by atoms with Crippen molar-refractivity contribution < 1.29 is 19.1 Å². The van der Waals surface area contributed by atoms with Crippen molar-refractivity contribution in [2.24, 2.45) is 0 Å². The van der Waals surface area contributed by atoms with Crippen LogP contribution in [0.4, 0.5) is 17.1 Å². The van der Waals surface area contributed by atoms with Crippen LogP contribution in [0.25, 0.3) is 0 Å². The number of nitrogens with one attached hydrogen (secondary N) is 4. The van der Waals surface area contributed by atoms with Gasteiger partial charge in [-0.25, -0.2) is 0 Å². The van der Waals surface area contributed by atoms with Crippen molar-refractivity contribution in [3.8, 4) is 0 Å². The van der Waals surface area contributed by atoms with E-state index in [-0.39, 0.29) is 24.3 Å². The molecular weight excluding hydrogens is 360 g/mol. The lowest BCUT2D eigenvalue weighted by Gasteiger charge is -2.09. The van der Waals surface area contributed by atoms with Gasteiger partial charge in [0.15, 0.2) is 0 Å². The molecule has 2 rings (SSSR count). The van der Waals surface area contributed by atoms with Crippen LogP contribution in [0.3, 0.4) is 0 Å². The Kier molecular flexibility index (Phi) is 7.98. The fraction of sp³-hybridized carbons (Fsp3) is 0.250. The number of hydrogen-bond acceptors (Lipinski definition) is 5. The average molecular weight is 384 g/mol. The maximum absolute atomic E-state index is 12.1. The van der Waals surface area contributed by atoms with Crippen molar-refractivity contribution in [1.29, 1.82) is 0 Å². The van der Waals surface area contributed by atoms with Crippen molar-refractivity contribution in [2.45, 2.75) is 6.92 Å². The Bertz CT molecular complexity index is 804. The van der Waals surface area contributed by atoms with Crippen molar-refractivity contribution in [3.63, 3.8) is 0 Å². The number of amides is 3. The van der Waals surface area contributed by atoms with Crippen LogP contribution in [-0.2, 0) is 14.3 Å². The summed E-state index contributed by atoms with van der Waals surface area (Å²) in [5, 5.41) is 11.2. The summed E-state index contributed by atoms with van der Waals surface area (Å²) in [6.07, 6.45) is 0. The van der Waals surface area contributed by atoms with Gasteiger partial charge in [0, 0.05) is 43.2 Å². The standard InChI is InChI=1S/C20H24N4O4/c1-14(25)23-17-9-7-16(8-10-17)22-13-19(26)24-18-5-3-15(4-6-18)20(27)21-11-12-28-2/h3-10,22H,11-13H2,1-2H3,(H,21,27)(H,23,25)(H,24,26). The van der Waals surface area contributed by atoms with Gasteiger partial charge in [0.05, 0.1) is 13.2 Å². The summed E-state index contributed by atoms with van der Waals surface area (Å²) in [4.78, 5) is 35.0. The molecule has 0 aliphatic carbocycles. The van der Waals surface area contributed by atoms with E-state index in [2.05, 4.69) is 21.3 Å². The molecule has 0 radical (unpaired) electrons. The molecule has 8 nitrogen and oxygen atoms in total. The lowest BCUT2D eigenvalue weighted by molar-refractivity contribution is -0.115. The predicted molar refractivity (Wildman–Crippen MR) is 109 cm³/mol. The first-order valence-electron chi connectivity index (χ1n) is 8.76. The van der Waals surface area contributed by atoms with Crippen LogP contribution in [0.15, 0.2) is 48.5 Å². The van der Waals surface area contributed by atoms with Crippen molar-refractivity contribution in [1.82, 2.24) is 5.32 Å². The number of carbonyl (C=O) groups is 3. The van der Waals surface area contributed by atoms with Gasteiger partial charge in [0.2, 0.25) is 11.8 Å². The number of hydrogen-bond donors (Lipinski definition) is 4. The Morgan fingerprint density at radius 1 is 0.857 bits per heavy atom. The normalized spacial score (nSPS) is 10.1.